The van der Waals surface area contributed by atoms with Gasteiger partial charge in [0.15, 0.2) is 0 Å². The number of nitrogens with one attached hydrogen (secondary N) is 1. The molecule has 1 aliphatic rings. The van der Waals surface area contributed by atoms with Gasteiger partial charge in [-0.3, -0.25) is 4.79 Å². The molecule has 0 spiro atoms. The number of imidazole rings is 1. The van der Waals surface area contributed by atoms with Gasteiger partial charge in [-0.1, -0.05) is 36.1 Å². The smallest absolute Gasteiger partial charge is 0.222 e. The monoisotopic (exact) mass is 473 g/mol. The van der Waals surface area contributed by atoms with Crippen molar-refractivity contribution in [2.45, 2.75) is 31.9 Å². The van der Waals surface area contributed by atoms with Gasteiger partial charge in [0.05, 0.1) is 13.2 Å². The molecule has 1 aliphatic carbocycles. The minimum Gasteiger partial charge on any atom is -0.493 e. The molecule has 0 bridgehead atoms. The van der Waals surface area contributed by atoms with E-state index in [0.717, 1.165) is 35.3 Å². The maximum atomic E-state index is 11.6. The van der Waals surface area contributed by atoms with E-state index >= 15 is 0 Å². The molecule has 182 valence electrons. The van der Waals surface area contributed by atoms with Gasteiger partial charge in [-0.2, -0.15) is 0 Å². The zero-order valence-electron chi connectivity index (χ0n) is 20.0. The summed E-state index contributed by atoms with van der Waals surface area (Å²) in [5, 5.41) is 22.3. The summed E-state index contributed by atoms with van der Waals surface area (Å²) in [4.78, 5) is 15.7. The van der Waals surface area contributed by atoms with Crippen molar-refractivity contribution in [2.24, 2.45) is 11.8 Å². The first-order valence-electron chi connectivity index (χ1n) is 11.9. The van der Waals surface area contributed by atoms with Crippen LogP contribution in [0.3, 0.4) is 0 Å². The third kappa shape index (κ3) is 5.91. The van der Waals surface area contributed by atoms with Crippen LogP contribution in [-0.2, 0) is 4.79 Å². The van der Waals surface area contributed by atoms with Crippen molar-refractivity contribution in [2.75, 3.05) is 20.3 Å². The summed E-state index contributed by atoms with van der Waals surface area (Å²) in [6.07, 6.45) is 4.33. The van der Waals surface area contributed by atoms with Crippen molar-refractivity contribution < 1.29 is 19.7 Å². The molecule has 0 unspecified atom stereocenters. The van der Waals surface area contributed by atoms with E-state index in [0.29, 0.717) is 18.3 Å². The van der Waals surface area contributed by atoms with E-state index in [4.69, 9.17) is 4.74 Å². The zero-order valence-corrected chi connectivity index (χ0v) is 20.0. The maximum absolute atomic E-state index is 11.6. The molecule has 0 saturated heterocycles. The molecule has 7 heteroatoms. The van der Waals surface area contributed by atoms with Gasteiger partial charge >= 0.3 is 0 Å². The number of aliphatic hydroxyl groups is 2. The maximum Gasteiger partial charge on any atom is 0.222 e. The summed E-state index contributed by atoms with van der Waals surface area (Å²) in [6, 6.07) is 15.4. The standard InChI is InChI=1S/C28H31N3O4/c1-19(33)27-30-13-14-31(27)25(17-32)10-5-20-3-6-22(7-4-20)23-8-11-26(12-9-23)35-18-21-15-24(16-21)28(34)29-2/h3-4,6-9,11-14,19,21,24-25,32-33H,15-18H2,1-2H3,(H,29,34)/t19-,21?,24?,25-/m0/s1. The lowest BCUT2D eigenvalue weighted by Crippen LogP contribution is -2.39. The molecule has 35 heavy (non-hydrogen) atoms. The quantitative estimate of drug-likeness (QED) is 0.436. The fourth-order valence-corrected chi connectivity index (χ4v) is 4.28. The minimum atomic E-state index is -0.739. The molecule has 2 aromatic carbocycles. The molecule has 2 atom stereocenters. The van der Waals surface area contributed by atoms with Gasteiger partial charge in [-0.25, -0.2) is 4.98 Å². The number of aromatic nitrogens is 2. The fraction of sp³-hybridized carbons (Fsp3) is 0.357. The van der Waals surface area contributed by atoms with Crippen LogP contribution >= 0.6 is 0 Å². The molecule has 3 aromatic rings. The summed E-state index contributed by atoms with van der Waals surface area (Å²) >= 11 is 0. The second kappa shape index (κ2) is 11.2. The minimum absolute atomic E-state index is 0.125. The van der Waals surface area contributed by atoms with Crippen LogP contribution in [0.2, 0.25) is 0 Å². The summed E-state index contributed by atoms with van der Waals surface area (Å²) in [5.41, 5.74) is 2.98. The van der Waals surface area contributed by atoms with Crippen molar-refractivity contribution in [1.29, 1.82) is 0 Å². The Morgan fingerprint density at radius 2 is 1.83 bits per heavy atom. The Morgan fingerprint density at radius 3 is 2.43 bits per heavy atom. The van der Waals surface area contributed by atoms with E-state index in [1.165, 1.54) is 0 Å². The Morgan fingerprint density at radius 1 is 1.17 bits per heavy atom. The highest BCUT2D eigenvalue weighted by Gasteiger charge is 2.34. The molecule has 3 N–H and O–H groups in total. The van der Waals surface area contributed by atoms with Gasteiger partial charge in [0, 0.05) is 30.9 Å². The molecule has 4 rings (SSSR count). The molecular formula is C28H31N3O4. The van der Waals surface area contributed by atoms with Gasteiger partial charge < -0.3 is 24.8 Å². The van der Waals surface area contributed by atoms with E-state index < -0.39 is 12.1 Å². The largest absolute Gasteiger partial charge is 0.493 e. The van der Waals surface area contributed by atoms with E-state index in [9.17, 15) is 15.0 Å². The second-order valence-corrected chi connectivity index (χ2v) is 8.90. The Bertz CT molecular complexity index is 1180. The number of rotatable bonds is 8. The van der Waals surface area contributed by atoms with E-state index in [2.05, 4.69) is 22.1 Å². The highest BCUT2D eigenvalue weighted by molar-refractivity contribution is 5.79. The van der Waals surface area contributed by atoms with Crippen LogP contribution in [0.1, 0.15) is 43.3 Å². The fourth-order valence-electron chi connectivity index (χ4n) is 4.28. The van der Waals surface area contributed by atoms with Gasteiger partial charge in [-0.05, 0) is 61.1 Å². The van der Waals surface area contributed by atoms with Crippen molar-refractivity contribution in [3.8, 4) is 28.7 Å². The number of nitrogens with zero attached hydrogens (tertiary/aromatic N) is 2. The molecule has 0 aliphatic heterocycles. The lowest BCUT2D eigenvalue weighted by atomic mass is 9.75. The summed E-state index contributed by atoms with van der Waals surface area (Å²) in [7, 11) is 1.68. The highest BCUT2D eigenvalue weighted by Crippen LogP contribution is 2.34. The average molecular weight is 474 g/mol. The van der Waals surface area contributed by atoms with Gasteiger partial charge in [0.1, 0.15) is 23.7 Å². The van der Waals surface area contributed by atoms with E-state index in [1.54, 1.807) is 30.9 Å². The normalized spacial score (nSPS) is 18.5. The highest BCUT2D eigenvalue weighted by atomic mass is 16.5. The lowest BCUT2D eigenvalue weighted by molar-refractivity contribution is -0.128. The third-order valence-electron chi connectivity index (χ3n) is 6.38. The molecule has 7 nitrogen and oxygen atoms in total. The third-order valence-corrected chi connectivity index (χ3v) is 6.38. The Kier molecular flexibility index (Phi) is 7.86. The number of benzene rings is 2. The second-order valence-electron chi connectivity index (χ2n) is 8.90. The van der Waals surface area contributed by atoms with Crippen LogP contribution in [0.15, 0.2) is 60.9 Å². The van der Waals surface area contributed by atoms with Crippen LogP contribution in [0.5, 0.6) is 5.75 Å². The van der Waals surface area contributed by atoms with Crippen LogP contribution in [0.25, 0.3) is 11.1 Å². The molecule has 1 saturated carbocycles. The van der Waals surface area contributed by atoms with Crippen molar-refractivity contribution in [3.05, 3.63) is 72.3 Å². The number of carbonyl (C=O) groups excluding carboxylic acids is 1. The van der Waals surface area contributed by atoms with Crippen LogP contribution in [0, 0.1) is 23.7 Å². The van der Waals surface area contributed by atoms with E-state index in [1.807, 2.05) is 48.5 Å². The van der Waals surface area contributed by atoms with Gasteiger partial charge in [0.25, 0.3) is 0 Å². The van der Waals surface area contributed by atoms with Gasteiger partial charge in [0.2, 0.25) is 5.91 Å². The Labute approximate surface area is 205 Å². The predicted octanol–water partition coefficient (Wildman–Crippen LogP) is 3.34. The van der Waals surface area contributed by atoms with Gasteiger partial charge in [-0.15, -0.1) is 0 Å². The van der Waals surface area contributed by atoms with Crippen LogP contribution in [0.4, 0.5) is 0 Å². The van der Waals surface area contributed by atoms with Crippen molar-refractivity contribution in [1.82, 2.24) is 14.9 Å². The summed E-state index contributed by atoms with van der Waals surface area (Å²) in [6.45, 7) is 2.09. The van der Waals surface area contributed by atoms with Crippen molar-refractivity contribution in [3.63, 3.8) is 0 Å². The first-order valence-corrected chi connectivity index (χ1v) is 11.9. The summed E-state index contributed by atoms with van der Waals surface area (Å²) < 4.78 is 7.60. The number of amides is 1. The molecular weight excluding hydrogens is 442 g/mol. The summed E-state index contributed by atoms with van der Waals surface area (Å²) in [5.74, 6) is 8.16. The van der Waals surface area contributed by atoms with Crippen molar-refractivity contribution >= 4 is 5.91 Å². The van der Waals surface area contributed by atoms with Crippen LogP contribution in [-0.4, -0.2) is 45.9 Å². The number of aliphatic hydroxyl groups excluding tert-OH is 2. The molecule has 0 radical (unpaired) electrons. The van der Waals surface area contributed by atoms with Crippen LogP contribution < -0.4 is 10.1 Å². The Hall–Kier alpha value is -3.60. The lowest BCUT2D eigenvalue weighted by Gasteiger charge is -2.33. The molecule has 1 fully saturated rings. The number of hydrogen-bond acceptors (Lipinski definition) is 5. The molecule has 1 heterocycles. The number of carbonyl (C=O) groups is 1. The van der Waals surface area contributed by atoms with E-state index in [-0.39, 0.29) is 18.4 Å². The first kappa shape index (κ1) is 24.5. The zero-order chi connectivity index (χ0) is 24.8. The number of hydrogen-bond donors (Lipinski definition) is 3. The number of ether oxygens (including phenoxy) is 1. The SMILES string of the molecule is CNC(=O)C1CC(COc2ccc(-c3ccc(C#C[C@@H](CO)n4ccnc4[C@H](C)O)cc3)cc2)C1. The Balaban J connectivity index is 1.33. The first-order chi connectivity index (χ1) is 17.0. The molecule has 1 aromatic heterocycles. The molecule has 1 amide bonds. The topological polar surface area (TPSA) is 96.6 Å². The predicted molar refractivity (Wildman–Crippen MR) is 134 cm³/mol. The average Bonchev–Trinajstić information content (AvgIpc) is 3.34.